The lowest BCUT2D eigenvalue weighted by atomic mass is 10.1. The van der Waals surface area contributed by atoms with Gasteiger partial charge in [-0.3, -0.25) is 4.79 Å². The molecule has 21 heavy (non-hydrogen) atoms. The van der Waals surface area contributed by atoms with Crippen molar-refractivity contribution in [1.29, 1.82) is 0 Å². The number of carboxylic acids is 1. The highest BCUT2D eigenvalue weighted by atomic mass is 19.1. The number of carbonyl (C=O) groups is 2. The lowest BCUT2D eigenvalue weighted by molar-refractivity contribution is -0.131. The molecule has 1 rings (SSSR count). The van der Waals surface area contributed by atoms with Crippen molar-refractivity contribution < 1.29 is 19.1 Å². The molecule has 0 bridgehead atoms. The van der Waals surface area contributed by atoms with Gasteiger partial charge in [0.1, 0.15) is 5.82 Å². The van der Waals surface area contributed by atoms with Crippen molar-refractivity contribution in [2.45, 2.75) is 26.2 Å². The second kappa shape index (κ2) is 8.19. The predicted octanol–water partition coefficient (Wildman–Crippen LogP) is 3.19. The van der Waals surface area contributed by atoms with E-state index in [9.17, 15) is 14.0 Å². The minimum absolute atomic E-state index is 0.00136. The Hall–Kier alpha value is -2.17. The largest absolute Gasteiger partial charge is 0.478 e. The number of hydrogen-bond donors (Lipinski definition) is 1. The summed E-state index contributed by atoms with van der Waals surface area (Å²) in [6.07, 6.45) is 5.18. The number of amides is 1. The summed E-state index contributed by atoms with van der Waals surface area (Å²) in [6, 6.07) is 4.07. The quantitative estimate of drug-likeness (QED) is 0.620. The molecule has 0 unspecified atom stereocenters. The zero-order chi connectivity index (χ0) is 15.8. The van der Waals surface area contributed by atoms with Crippen LogP contribution < -0.4 is 0 Å². The molecule has 114 valence electrons. The van der Waals surface area contributed by atoms with Gasteiger partial charge >= 0.3 is 5.97 Å². The first-order valence-corrected chi connectivity index (χ1v) is 6.91. The molecule has 4 nitrogen and oxygen atoms in total. The van der Waals surface area contributed by atoms with Gasteiger partial charge < -0.3 is 10.0 Å². The van der Waals surface area contributed by atoms with Gasteiger partial charge in [-0.25, -0.2) is 9.18 Å². The van der Waals surface area contributed by atoms with Crippen molar-refractivity contribution >= 4 is 18.0 Å². The molecule has 0 spiro atoms. The number of carbonyl (C=O) groups excluding carboxylic acids is 1. The molecule has 0 aliphatic carbocycles. The van der Waals surface area contributed by atoms with Gasteiger partial charge in [-0.1, -0.05) is 25.8 Å². The van der Waals surface area contributed by atoms with E-state index in [1.807, 2.05) is 0 Å². The summed E-state index contributed by atoms with van der Waals surface area (Å²) in [7, 11) is 1.65. The fourth-order valence-electron chi connectivity index (χ4n) is 1.88. The Balaban J connectivity index is 2.79. The van der Waals surface area contributed by atoms with Gasteiger partial charge in [0.25, 0.3) is 5.91 Å². The summed E-state index contributed by atoms with van der Waals surface area (Å²) in [5, 5.41) is 8.52. The second-order valence-corrected chi connectivity index (χ2v) is 4.84. The van der Waals surface area contributed by atoms with Gasteiger partial charge in [0.15, 0.2) is 0 Å². The number of halogens is 1. The molecular weight excluding hydrogens is 273 g/mol. The number of benzene rings is 1. The molecule has 5 heteroatoms. The van der Waals surface area contributed by atoms with E-state index in [2.05, 4.69) is 6.92 Å². The van der Waals surface area contributed by atoms with Crippen LogP contribution in [0.15, 0.2) is 24.3 Å². The first-order valence-electron chi connectivity index (χ1n) is 6.91. The molecule has 0 aromatic heterocycles. The summed E-state index contributed by atoms with van der Waals surface area (Å²) < 4.78 is 13.9. The van der Waals surface area contributed by atoms with Crippen molar-refractivity contribution in [3.8, 4) is 0 Å². The van der Waals surface area contributed by atoms with Crippen LogP contribution in [0.25, 0.3) is 6.08 Å². The number of rotatable bonds is 7. The molecule has 1 aromatic rings. The van der Waals surface area contributed by atoms with E-state index in [1.54, 1.807) is 7.05 Å². The van der Waals surface area contributed by atoms with E-state index in [0.29, 0.717) is 12.1 Å². The van der Waals surface area contributed by atoms with Crippen molar-refractivity contribution in [3.05, 3.63) is 41.2 Å². The average molecular weight is 293 g/mol. The monoisotopic (exact) mass is 293 g/mol. The minimum Gasteiger partial charge on any atom is -0.478 e. The summed E-state index contributed by atoms with van der Waals surface area (Å²) in [5.41, 5.74) is 0.404. The molecule has 1 aromatic carbocycles. The number of aliphatic carboxylic acids is 1. The van der Waals surface area contributed by atoms with Crippen LogP contribution in [0.5, 0.6) is 0 Å². The van der Waals surface area contributed by atoms with E-state index >= 15 is 0 Å². The fraction of sp³-hybridized carbons (Fsp3) is 0.375. The van der Waals surface area contributed by atoms with E-state index in [4.69, 9.17) is 5.11 Å². The maximum Gasteiger partial charge on any atom is 0.328 e. The fourth-order valence-corrected chi connectivity index (χ4v) is 1.88. The third kappa shape index (κ3) is 5.38. The maximum absolute atomic E-state index is 13.9. The van der Waals surface area contributed by atoms with Crippen LogP contribution >= 0.6 is 0 Å². The second-order valence-electron chi connectivity index (χ2n) is 4.84. The van der Waals surface area contributed by atoms with Gasteiger partial charge in [0, 0.05) is 19.7 Å². The summed E-state index contributed by atoms with van der Waals surface area (Å²) in [5.74, 6) is -2.11. The van der Waals surface area contributed by atoms with E-state index in [-0.39, 0.29) is 11.5 Å². The zero-order valence-corrected chi connectivity index (χ0v) is 12.3. The SMILES string of the molecule is CCCCCN(C)C(=O)c1ccc(C=CC(=O)O)cc1F. The number of hydrogen-bond acceptors (Lipinski definition) is 2. The van der Waals surface area contributed by atoms with E-state index < -0.39 is 11.8 Å². The molecule has 0 aliphatic heterocycles. The summed E-state index contributed by atoms with van der Waals surface area (Å²) >= 11 is 0. The van der Waals surface area contributed by atoms with Crippen LogP contribution in [-0.4, -0.2) is 35.5 Å². The first-order chi connectivity index (χ1) is 9.95. The Morgan fingerprint density at radius 2 is 2.05 bits per heavy atom. The topological polar surface area (TPSA) is 57.6 Å². The van der Waals surface area contributed by atoms with E-state index in [1.165, 1.54) is 23.1 Å². The summed E-state index contributed by atoms with van der Waals surface area (Å²) in [4.78, 5) is 24.0. The van der Waals surface area contributed by atoms with E-state index in [0.717, 1.165) is 31.4 Å². The lowest BCUT2D eigenvalue weighted by Gasteiger charge is -2.17. The number of unbranched alkanes of at least 4 members (excludes halogenated alkanes) is 2. The Labute approximate surface area is 123 Å². The molecular formula is C16H20FNO3. The average Bonchev–Trinajstić information content (AvgIpc) is 2.44. The highest BCUT2D eigenvalue weighted by Crippen LogP contribution is 2.14. The maximum atomic E-state index is 13.9. The molecule has 0 fully saturated rings. The van der Waals surface area contributed by atoms with Crippen molar-refractivity contribution in [3.63, 3.8) is 0 Å². The molecule has 0 aliphatic rings. The standard InChI is InChI=1S/C16H20FNO3/c1-3-4-5-10-18(2)16(21)13-8-6-12(11-14(13)17)7-9-15(19)20/h6-9,11H,3-5,10H2,1-2H3,(H,19,20). The van der Waals surface area contributed by atoms with Crippen LogP contribution in [0.2, 0.25) is 0 Å². The number of carboxylic acid groups (broad SMARTS) is 1. The first kappa shape index (κ1) is 16.9. The normalized spacial score (nSPS) is 10.8. The van der Waals surface area contributed by atoms with Crippen LogP contribution in [0.4, 0.5) is 4.39 Å². The molecule has 0 atom stereocenters. The Morgan fingerprint density at radius 1 is 1.33 bits per heavy atom. The third-order valence-corrected chi connectivity index (χ3v) is 3.09. The Kier molecular flexibility index (Phi) is 6.59. The van der Waals surface area contributed by atoms with Gasteiger partial charge in [0.05, 0.1) is 5.56 Å². The third-order valence-electron chi connectivity index (χ3n) is 3.09. The van der Waals surface area contributed by atoms with Crippen molar-refractivity contribution in [2.75, 3.05) is 13.6 Å². The highest BCUT2D eigenvalue weighted by Gasteiger charge is 2.15. The van der Waals surface area contributed by atoms with Crippen molar-refractivity contribution in [1.82, 2.24) is 4.90 Å². The molecule has 0 saturated heterocycles. The molecule has 0 heterocycles. The minimum atomic E-state index is -1.11. The Morgan fingerprint density at radius 3 is 2.62 bits per heavy atom. The smallest absolute Gasteiger partial charge is 0.328 e. The van der Waals surface area contributed by atoms with Crippen LogP contribution in [-0.2, 0) is 4.79 Å². The highest BCUT2D eigenvalue weighted by molar-refractivity contribution is 5.94. The molecule has 0 saturated carbocycles. The lowest BCUT2D eigenvalue weighted by Crippen LogP contribution is -2.28. The zero-order valence-electron chi connectivity index (χ0n) is 12.3. The van der Waals surface area contributed by atoms with Crippen LogP contribution in [0.1, 0.15) is 42.1 Å². The van der Waals surface area contributed by atoms with Gasteiger partial charge in [-0.05, 0) is 30.2 Å². The van der Waals surface area contributed by atoms with Gasteiger partial charge in [-0.15, -0.1) is 0 Å². The van der Waals surface area contributed by atoms with Gasteiger partial charge in [0.2, 0.25) is 0 Å². The molecule has 1 N–H and O–H groups in total. The predicted molar refractivity (Wildman–Crippen MR) is 79.6 cm³/mol. The van der Waals surface area contributed by atoms with Crippen LogP contribution in [0, 0.1) is 5.82 Å². The van der Waals surface area contributed by atoms with Crippen LogP contribution in [0.3, 0.4) is 0 Å². The van der Waals surface area contributed by atoms with Gasteiger partial charge in [-0.2, -0.15) is 0 Å². The molecule has 0 radical (unpaired) electrons. The number of nitrogens with zero attached hydrogens (tertiary/aromatic N) is 1. The summed E-state index contributed by atoms with van der Waals surface area (Å²) in [6.45, 7) is 2.66. The molecule has 1 amide bonds. The van der Waals surface area contributed by atoms with Crippen molar-refractivity contribution in [2.24, 2.45) is 0 Å². The Bertz CT molecular complexity index is 540.